The van der Waals surface area contributed by atoms with Crippen LogP contribution in [0.15, 0.2) is 35.1 Å². The number of carbonyl (C=O) groups excluding carboxylic acids is 1. The third-order valence-electron chi connectivity index (χ3n) is 2.73. The standard InChI is InChI=1S/C15H14N4O2/c1-10-9-12(5-4-11(10)3-2-8-16)15(21)17-13-6-7-14(20)19-18-13/h4-7,9H,8,16H2,1H3,(H,19,20)(H,17,18,21). The van der Waals surface area contributed by atoms with E-state index < -0.39 is 0 Å². The van der Waals surface area contributed by atoms with Crippen LogP contribution >= 0.6 is 0 Å². The van der Waals surface area contributed by atoms with Crippen molar-refractivity contribution < 1.29 is 4.79 Å². The molecule has 2 rings (SSSR count). The minimum absolute atomic E-state index is 0.282. The minimum atomic E-state index is -0.327. The van der Waals surface area contributed by atoms with Crippen LogP contribution in [0.5, 0.6) is 0 Å². The van der Waals surface area contributed by atoms with Gasteiger partial charge >= 0.3 is 0 Å². The van der Waals surface area contributed by atoms with Crippen molar-refractivity contribution in [3.8, 4) is 11.8 Å². The summed E-state index contributed by atoms with van der Waals surface area (Å²) in [5.41, 5.74) is 7.21. The van der Waals surface area contributed by atoms with Crippen LogP contribution in [0.25, 0.3) is 0 Å². The second-order valence-corrected chi connectivity index (χ2v) is 4.30. The fourth-order valence-corrected chi connectivity index (χ4v) is 1.69. The Morgan fingerprint density at radius 3 is 2.81 bits per heavy atom. The first kappa shape index (κ1) is 14.5. The van der Waals surface area contributed by atoms with Crippen LogP contribution in [0, 0.1) is 18.8 Å². The first-order valence-corrected chi connectivity index (χ1v) is 6.27. The molecule has 1 amide bonds. The number of rotatable bonds is 2. The number of aromatic nitrogens is 2. The van der Waals surface area contributed by atoms with Gasteiger partial charge in [-0.3, -0.25) is 9.59 Å². The number of hydrogen-bond donors (Lipinski definition) is 3. The Morgan fingerprint density at radius 2 is 2.19 bits per heavy atom. The number of hydrogen-bond acceptors (Lipinski definition) is 4. The molecule has 0 spiro atoms. The Bertz CT molecular complexity index is 764. The summed E-state index contributed by atoms with van der Waals surface area (Å²) in [6.07, 6.45) is 0. The summed E-state index contributed by atoms with van der Waals surface area (Å²) < 4.78 is 0. The van der Waals surface area contributed by atoms with Crippen LogP contribution in [0.2, 0.25) is 0 Å². The van der Waals surface area contributed by atoms with Gasteiger partial charge in [-0.2, -0.15) is 5.10 Å². The van der Waals surface area contributed by atoms with Crippen molar-refractivity contribution in [3.05, 3.63) is 57.4 Å². The fourth-order valence-electron chi connectivity index (χ4n) is 1.69. The van der Waals surface area contributed by atoms with E-state index in [1.165, 1.54) is 12.1 Å². The molecule has 1 aromatic heterocycles. The number of anilines is 1. The molecule has 0 aliphatic carbocycles. The molecule has 6 nitrogen and oxygen atoms in total. The summed E-state index contributed by atoms with van der Waals surface area (Å²) in [6.45, 7) is 2.16. The molecule has 0 radical (unpaired) electrons. The smallest absolute Gasteiger partial charge is 0.264 e. The molecular weight excluding hydrogens is 268 g/mol. The van der Waals surface area contributed by atoms with Crippen molar-refractivity contribution in [2.75, 3.05) is 11.9 Å². The van der Waals surface area contributed by atoms with Crippen molar-refractivity contribution in [1.29, 1.82) is 0 Å². The number of nitrogens with zero attached hydrogens (tertiary/aromatic N) is 1. The molecule has 4 N–H and O–H groups in total. The van der Waals surface area contributed by atoms with Gasteiger partial charge in [0.25, 0.3) is 11.5 Å². The predicted molar refractivity (Wildman–Crippen MR) is 79.9 cm³/mol. The Kier molecular flexibility index (Phi) is 4.49. The molecule has 21 heavy (non-hydrogen) atoms. The molecule has 2 aromatic rings. The quantitative estimate of drug-likeness (QED) is 0.704. The molecular formula is C15H14N4O2. The highest BCUT2D eigenvalue weighted by Gasteiger charge is 2.08. The topological polar surface area (TPSA) is 101 Å². The fraction of sp³-hybridized carbons (Fsp3) is 0.133. The number of aryl methyl sites for hydroxylation is 1. The van der Waals surface area contributed by atoms with E-state index in [1.54, 1.807) is 18.2 Å². The molecule has 0 aliphatic rings. The summed E-state index contributed by atoms with van der Waals surface area (Å²) in [4.78, 5) is 23.0. The van der Waals surface area contributed by atoms with Crippen LogP contribution in [-0.4, -0.2) is 22.6 Å². The van der Waals surface area contributed by atoms with Crippen molar-refractivity contribution in [2.24, 2.45) is 5.73 Å². The van der Waals surface area contributed by atoms with E-state index in [9.17, 15) is 9.59 Å². The van der Waals surface area contributed by atoms with Gasteiger partial charge in [-0.25, -0.2) is 5.10 Å². The van der Waals surface area contributed by atoms with E-state index in [2.05, 4.69) is 27.4 Å². The average molecular weight is 282 g/mol. The monoisotopic (exact) mass is 282 g/mol. The second kappa shape index (κ2) is 6.50. The van der Waals surface area contributed by atoms with Crippen molar-refractivity contribution >= 4 is 11.7 Å². The zero-order chi connectivity index (χ0) is 15.2. The van der Waals surface area contributed by atoms with Gasteiger partial charge in [0.1, 0.15) is 0 Å². The SMILES string of the molecule is Cc1cc(C(=O)Nc2ccc(=O)[nH]n2)ccc1C#CCN. The van der Waals surface area contributed by atoms with Crippen LogP contribution in [0.4, 0.5) is 5.82 Å². The number of benzene rings is 1. The largest absolute Gasteiger partial charge is 0.320 e. The molecule has 0 bridgehead atoms. The summed E-state index contributed by atoms with van der Waals surface area (Å²) in [6, 6.07) is 7.91. The van der Waals surface area contributed by atoms with Crippen molar-refractivity contribution in [2.45, 2.75) is 6.92 Å². The first-order chi connectivity index (χ1) is 10.1. The van der Waals surface area contributed by atoms with Gasteiger partial charge in [0.15, 0.2) is 5.82 Å². The lowest BCUT2D eigenvalue weighted by atomic mass is 10.0. The lowest BCUT2D eigenvalue weighted by Crippen LogP contribution is -2.16. The lowest BCUT2D eigenvalue weighted by molar-refractivity contribution is 0.102. The minimum Gasteiger partial charge on any atom is -0.320 e. The van der Waals surface area contributed by atoms with Gasteiger partial charge < -0.3 is 11.1 Å². The molecule has 0 aliphatic heterocycles. The van der Waals surface area contributed by atoms with Crippen molar-refractivity contribution in [1.82, 2.24) is 10.2 Å². The van der Waals surface area contributed by atoms with E-state index in [4.69, 9.17) is 5.73 Å². The van der Waals surface area contributed by atoms with Crippen LogP contribution in [-0.2, 0) is 0 Å². The Balaban J connectivity index is 2.18. The van der Waals surface area contributed by atoms with Gasteiger partial charge in [0.2, 0.25) is 0 Å². The molecule has 106 valence electrons. The molecule has 0 atom stereocenters. The van der Waals surface area contributed by atoms with Gasteiger partial charge in [0, 0.05) is 17.2 Å². The van der Waals surface area contributed by atoms with Crippen LogP contribution in [0.3, 0.4) is 0 Å². The van der Waals surface area contributed by atoms with Crippen LogP contribution in [0.1, 0.15) is 21.5 Å². The molecule has 0 unspecified atom stereocenters. The second-order valence-electron chi connectivity index (χ2n) is 4.30. The number of nitrogens with one attached hydrogen (secondary N) is 2. The summed E-state index contributed by atoms with van der Waals surface area (Å²) in [5, 5.41) is 8.57. The lowest BCUT2D eigenvalue weighted by Gasteiger charge is -2.05. The molecule has 0 fully saturated rings. The molecule has 6 heteroatoms. The average Bonchev–Trinajstić information content (AvgIpc) is 2.48. The number of H-pyrrole nitrogens is 1. The van der Waals surface area contributed by atoms with Gasteiger partial charge in [-0.1, -0.05) is 11.8 Å². The third kappa shape index (κ3) is 3.78. The molecule has 1 aromatic carbocycles. The number of carbonyl (C=O) groups is 1. The maximum atomic E-state index is 12.1. The van der Waals surface area contributed by atoms with Crippen LogP contribution < -0.4 is 16.6 Å². The highest BCUT2D eigenvalue weighted by molar-refractivity contribution is 6.03. The van der Waals surface area contributed by atoms with E-state index in [0.717, 1.165) is 11.1 Å². The third-order valence-corrected chi connectivity index (χ3v) is 2.73. The van der Waals surface area contributed by atoms with E-state index in [1.807, 2.05) is 6.92 Å². The van der Waals surface area contributed by atoms with Crippen molar-refractivity contribution in [3.63, 3.8) is 0 Å². The summed E-state index contributed by atoms with van der Waals surface area (Å²) in [5.74, 6) is 5.68. The Morgan fingerprint density at radius 1 is 1.38 bits per heavy atom. The van der Waals surface area contributed by atoms with Gasteiger partial charge in [0.05, 0.1) is 6.54 Å². The molecule has 0 saturated heterocycles. The molecule has 1 heterocycles. The Hall–Kier alpha value is -2.91. The maximum absolute atomic E-state index is 12.1. The molecule has 0 saturated carbocycles. The highest BCUT2D eigenvalue weighted by atomic mass is 16.2. The highest BCUT2D eigenvalue weighted by Crippen LogP contribution is 2.11. The normalized spacial score (nSPS) is 9.62. The predicted octanol–water partition coefficient (Wildman–Crippen LogP) is 0.641. The summed E-state index contributed by atoms with van der Waals surface area (Å²) in [7, 11) is 0. The van der Waals surface area contributed by atoms with Gasteiger partial charge in [-0.05, 0) is 36.8 Å². The zero-order valence-corrected chi connectivity index (χ0v) is 11.4. The zero-order valence-electron chi connectivity index (χ0n) is 11.4. The van der Waals surface area contributed by atoms with E-state index in [0.29, 0.717) is 12.1 Å². The first-order valence-electron chi connectivity index (χ1n) is 6.27. The summed E-state index contributed by atoms with van der Waals surface area (Å²) >= 11 is 0. The van der Waals surface area contributed by atoms with Gasteiger partial charge in [-0.15, -0.1) is 0 Å². The number of aromatic amines is 1. The van der Waals surface area contributed by atoms with E-state index in [-0.39, 0.29) is 17.3 Å². The van der Waals surface area contributed by atoms with E-state index >= 15 is 0 Å². The number of nitrogens with two attached hydrogens (primary N) is 1. The number of amides is 1. The maximum Gasteiger partial charge on any atom is 0.264 e. The Labute approximate surface area is 121 Å².